The maximum atomic E-state index is 12.6. The Morgan fingerprint density at radius 2 is 1.31 bits per heavy atom. The summed E-state index contributed by atoms with van der Waals surface area (Å²) >= 11 is 0. The van der Waals surface area contributed by atoms with E-state index in [2.05, 4.69) is 30.3 Å². The standard InChI is InChI=1S/C23H22F3N5O5/c1-22(2,3)36-18(34)14-6-10-16(11-7-14)28-20-29-19(30-21(31-20)35-12-23(24,25)26)27-15-8-4-13(5-9-15)17(32)33/h4-11H,12H2,1-3H3,(H,32,33)(H2,27,28,29,30,31)/p-1. The number of aromatic carboxylic acids is 1. The summed E-state index contributed by atoms with van der Waals surface area (Å²) in [4.78, 5) is 34.8. The maximum Gasteiger partial charge on any atom is 0.422 e. The van der Waals surface area contributed by atoms with Gasteiger partial charge in [0.25, 0.3) is 0 Å². The third-order valence-corrected chi connectivity index (χ3v) is 4.13. The van der Waals surface area contributed by atoms with Crippen molar-refractivity contribution in [2.75, 3.05) is 17.2 Å². The van der Waals surface area contributed by atoms with Gasteiger partial charge in [0, 0.05) is 11.4 Å². The second-order valence-corrected chi connectivity index (χ2v) is 8.36. The van der Waals surface area contributed by atoms with E-state index in [1.807, 2.05) is 0 Å². The number of carboxylic acid groups (broad SMARTS) is 1. The Bertz CT molecular complexity index is 1230. The minimum absolute atomic E-state index is 0.0671. The van der Waals surface area contributed by atoms with E-state index in [0.717, 1.165) is 0 Å². The van der Waals surface area contributed by atoms with Crippen LogP contribution >= 0.6 is 0 Å². The number of carbonyl (C=O) groups is 2. The highest BCUT2D eigenvalue weighted by atomic mass is 19.4. The molecule has 0 bridgehead atoms. The van der Waals surface area contributed by atoms with Crippen LogP contribution in [0.25, 0.3) is 0 Å². The zero-order chi connectivity index (χ0) is 26.5. The normalized spacial score (nSPS) is 11.5. The van der Waals surface area contributed by atoms with Gasteiger partial charge in [-0.05, 0) is 62.7 Å². The van der Waals surface area contributed by atoms with Crippen LogP contribution < -0.4 is 20.5 Å². The number of alkyl halides is 3. The van der Waals surface area contributed by atoms with E-state index in [4.69, 9.17) is 4.74 Å². The summed E-state index contributed by atoms with van der Waals surface area (Å²) in [5, 5.41) is 16.4. The van der Waals surface area contributed by atoms with Crippen molar-refractivity contribution in [3.05, 3.63) is 59.7 Å². The molecule has 0 unspecified atom stereocenters. The van der Waals surface area contributed by atoms with Gasteiger partial charge in [-0.15, -0.1) is 0 Å². The molecule has 3 aromatic rings. The third-order valence-electron chi connectivity index (χ3n) is 4.13. The SMILES string of the molecule is CC(C)(C)OC(=O)c1ccc(Nc2nc(Nc3ccc(C(=O)[O-])cc3)nc(OCC(F)(F)F)n2)cc1. The average molecular weight is 504 g/mol. The highest BCUT2D eigenvalue weighted by Crippen LogP contribution is 2.22. The molecule has 0 amide bonds. The van der Waals surface area contributed by atoms with Gasteiger partial charge >= 0.3 is 18.2 Å². The molecule has 2 N–H and O–H groups in total. The molecule has 190 valence electrons. The van der Waals surface area contributed by atoms with Gasteiger partial charge in [0.2, 0.25) is 11.9 Å². The molecular weight excluding hydrogens is 483 g/mol. The Hall–Kier alpha value is -4.42. The number of hydrogen-bond acceptors (Lipinski definition) is 10. The molecule has 13 heteroatoms. The highest BCUT2D eigenvalue weighted by Gasteiger charge is 2.29. The van der Waals surface area contributed by atoms with Gasteiger partial charge in [0.05, 0.1) is 11.5 Å². The molecule has 0 saturated heterocycles. The summed E-state index contributed by atoms with van der Waals surface area (Å²) in [7, 11) is 0. The number of anilines is 4. The number of hydrogen-bond donors (Lipinski definition) is 2. The lowest BCUT2D eigenvalue weighted by Crippen LogP contribution is -2.23. The molecule has 0 radical (unpaired) electrons. The Balaban J connectivity index is 1.82. The minimum atomic E-state index is -4.62. The zero-order valence-corrected chi connectivity index (χ0v) is 19.3. The lowest BCUT2D eigenvalue weighted by molar-refractivity contribution is -0.255. The summed E-state index contributed by atoms with van der Waals surface area (Å²) in [5.74, 6) is -2.21. The Morgan fingerprint density at radius 3 is 1.72 bits per heavy atom. The number of esters is 1. The van der Waals surface area contributed by atoms with E-state index < -0.39 is 36.3 Å². The smallest absolute Gasteiger partial charge is 0.422 e. The molecule has 1 heterocycles. The number of carbonyl (C=O) groups excluding carboxylic acids is 2. The number of halogens is 3. The van der Waals surface area contributed by atoms with Crippen molar-refractivity contribution < 1.29 is 37.3 Å². The number of aromatic nitrogens is 3. The van der Waals surface area contributed by atoms with Crippen LogP contribution in [0.3, 0.4) is 0 Å². The van der Waals surface area contributed by atoms with Crippen LogP contribution in [0.2, 0.25) is 0 Å². The predicted molar refractivity (Wildman–Crippen MR) is 120 cm³/mol. The minimum Gasteiger partial charge on any atom is -0.545 e. The van der Waals surface area contributed by atoms with Crippen molar-refractivity contribution >= 4 is 35.2 Å². The lowest BCUT2D eigenvalue weighted by Gasteiger charge is -2.19. The number of rotatable bonds is 8. The van der Waals surface area contributed by atoms with E-state index in [1.165, 1.54) is 48.5 Å². The molecule has 2 aromatic carbocycles. The Labute approximate surface area is 203 Å². The number of carboxylic acids is 1. The van der Waals surface area contributed by atoms with Crippen molar-refractivity contribution in [1.82, 2.24) is 15.0 Å². The van der Waals surface area contributed by atoms with Crippen LogP contribution in [0.1, 0.15) is 41.5 Å². The number of ether oxygens (including phenoxy) is 2. The molecule has 0 spiro atoms. The average Bonchev–Trinajstić information content (AvgIpc) is 2.77. The van der Waals surface area contributed by atoms with Crippen molar-refractivity contribution in [1.29, 1.82) is 0 Å². The molecule has 10 nitrogen and oxygen atoms in total. The monoisotopic (exact) mass is 504 g/mol. The van der Waals surface area contributed by atoms with E-state index in [0.29, 0.717) is 16.9 Å². The first kappa shape index (κ1) is 26.2. The van der Waals surface area contributed by atoms with Crippen LogP contribution in [0.15, 0.2) is 48.5 Å². The van der Waals surface area contributed by atoms with Gasteiger partial charge in [-0.3, -0.25) is 0 Å². The number of nitrogens with zero attached hydrogens (tertiary/aromatic N) is 3. The third kappa shape index (κ3) is 8.11. The summed E-state index contributed by atoms with van der Waals surface area (Å²) < 4.78 is 47.8. The Morgan fingerprint density at radius 1 is 0.833 bits per heavy atom. The van der Waals surface area contributed by atoms with E-state index >= 15 is 0 Å². The van der Waals surface area contributed by atoms with Gasteiger partial charge < -0.3 is 30.0 Å². The van der Waals surface area contributed by atoms with E-state index in [1.54, 1.807) is 20.8 Å². The predicted octanol–water partition coefficient (Wildman–Crippen LogP) is 3.62. The van der Waals surface area contributed by atoms with Gasteiger partial charge in [0.15, 0.2) is 6.61 Å². The van der Waals surface area contributed by atoms with Gasteiger partial charge in [-0.2, -0.15) is 28.1 Å². The van der Waals surface area contributed by atoms with Crippen molar-refractivity contribution in [3.8, 4) is 6.01 Å². The molecule has 3 rings (SSSR count). The molecule has 0 aliphatic heterocycles. The molecule has 1 aromatic heterocycles. The second-order valence-electron chi connectivity index (χ2n) is 8.36. The van der Waals surface area contributed by atoms with Crippen LogP contribution in [-0.2, 0) is 4.74 Å². The molecule has 0 saturated carbocycles. The van der Waals surface area contributed by atoms with Crippen molar-refractivity contribution in [2.45, 2.75) is 32.5 Å². The molecule has 0 fully saturated rings. The maximum absolute atomic E-state index is 12.6. The first-order valence-corrected chi connectivity index (χ1v) is 10.4. The first-order valence-electron chi connectivity index (χ1n) is 10.4. The molecule has 0 atom stereocenters. The van der Waals surface area contributed by atoms with Gasteiger partial charge in [-0.1, -0.05) is 12.1 Å². The van der Waals surface area contributed by atoms with Gasteiger partial charge in [0.1, 0.15) is 5.60 Å². The van der Waals surface area contributed by atoms with Crippen LogP contribution in [0.5, 0.6) is 6.01 Å². The largest absolute Gasteiger partial charge is 0.545 e. The topological polar surface area (TPSA) is 138 Å². The van der Waals surface area contributed by atoms with Crippen LogP contribution in [-0.4, -0.2) is 45.3 Å². The molecule has 36 heavy (non-hydrogen) atoms. The lowest BCUT2D eigenvalue weighted by atomic mass is 10.1. The Kier molecular flexibility index (Phi) is 7.61. The van der Waals surface area contributed by atoms with Crippen molar-refractivity contribution in [2.24, 2.45) is 0 Å². The molecule has 0 aliphatic carbocycles. The fraction of sp³-hybridized carbons (Fsp3) is 0.261. The first-order chi connectivity index (χ1) is 16.8. The van der Waals surface area contributed by atoms with Crippen LogP contribution in [0, 0.1) is 0 Å². The molecule has 0 aliphatic rings. The van der Waals surface area contributed by atoms with Crippen molar-refractivity contribution in [3.63, 3.8) is 0 Å². The zero-order valence-electron chi connectivity index (χ0n) is 19.3. The number of nitrogens with one attached hydrogen (secondary N) is 2. The van der Waals surface area contributed by atoms with Crippen LogP contribution in [0.4, 0.5) is 36.4 Å². The van der Waals surface area contributed by atoms with Gasteiger partial charge in [-0.25, -0.2) is 4.79 Å². The fourth-order valence-corrected chi connectivity index (χ4v) is 2.65. The quantitative estimate of drug-likeness (QED) is 0.437. The fourth-order valence-electron chi connectivity index (χ4n) is 2.65. The summed E-state index contributed by atoms with van der Waals surface area (Å²) in [6.45, 7) is 3.59. The second kappa shape index (κ2) is 10.5. The summed E-state index contributed by atoms with van der Waals surface area (Å²) in [6, 6.07) is 10.8. The molecular formula is C23H21F3N5O5-. The highest BCUT2D eigenvalue weighted by molar-refractivity contribution is 5.90. The van der Waals surface area contributed by atoms with E-state index in [9.17, 15) is 27.9 Å². The van der Waals surface area contributed by atoms with E-state index in [-0.39, 0.29) is 17.5 Å². The summed E-state index contributed by atoms with van der Waals surface area (Å²) in [6.07, 6.45) is -4.62. The summed E-state index contributed by atoms with van der Waals surface area (Å²) in [5.41, 5.74) is 0.324. The number of benzene rings is 2.